The summed E-state index contributed by atoms with van der Waals surface area (Å²) in [7, 11) is 0. The largest absolute Gasteiger partial charge is 0.384 e. The maximum absolute atomic E-state index is 12.9. The number of aromatic nitrogens is 1. The van der Waals surface area contributed by atoms with Crippen LogP contribution in [0.1, 0.15) is 15.9 Å². The normalized spacial score (nSPS) is 10.3. The number of hydrogen-bond donors (Lipinski definition) is 2. The summed E-state index contributed by atoms with van der Waals surface area (Å²) in [5, 5.41) is 12.9. The molecule has 0 saturated carbocycles. The van der Waals surface area contributed by atoms with Crippen LogP contribution in [0.3, 0.4) is 0 Å². The lowest BCUT2D eigenvalue weighted by Crippen LogP contribution is -2.30. The van der Waals surface area contributed by atoms with Gasteiger partial charge >= 0.3 is 0 Å². The van der Waals surface area contributed by atoms with Crippen LogP contribution >= 0.6 is 23.2 Å². The molecule has 2 aromatic carbocycles. The van der Waals surface area contributed by atoms with Crippen molar-refractivity contribution in [1.82, 2.24) is 4.57 Å². The summed E-state index contributed by atoms with van der Waals surface area (Å²) < 4.78 is 1.10. The van der Waals surface area contributed by atoms with Crippen molar-refractivity contribution in [2.45, 2.75) is 0 Å². The van der Waals surface area contributed by atoms with Gasteiger partial charge in [0.25, 0.3) is 11.5 Å². The topological polar surface area (TPSA) is 101 Å². The van der Waals surface area contributed by atoms with Gasteiger partial charge < -0.3 is 11.1 Å². The van der Waals surface area contributed by atoms with Gasteiger partial charge in [0.1, 0.15) is 17.5 Å². The number of carbonyl (C=O) groups excluding carboxylic acids is 1. The van der Waals surface area contributed by atoms with E-state index in [1.807, 2.05) is 6.07 Å². The zero-order valence-corrected chi connectivity index (χ0v) is 15.3. The summed E-state index contributed by atoms with van der Waals surface area (Å²) in [6.45, 7) is 0. The summed E-state index contributed by atoms with van der Waals surface area (Å²) in [4.78, 5) is 25.5. The predicted octanol–water partition coefficient (Wildman–Crippen LogP) is 3.85. The lowest BCUT2D eigenvalue weighted by atomic mass is 10.1. The number of amides is 1. The Bertz CT molecular complexity index is 1110. The van der Waals surface area contributed by atoms with Crippen LogP contribution in [0.25, 0.3) is 5.69 Å². The molecule has 1 heterocycles. The number of nitrogens with two attached hydrogens (primary N) is 1. The van der Waals surface area contributed by atoms with E-state index in [1.165, 1.54) is 6.07 Å². The second-order valence-corrected chi connectivity index (χ2v) is 6.42. The molecule has 0 aliphatic carbocycles. The van der Waals surface area contributed by atoms with Crippen molar-refractivity contribution in [2.75, 3.05) is 11.1 Å². The van der Waals surface area contributed by atoms with Gasteiger partial charge in [-0.25, -0.2) is 0 Å². The number of nitrogens with zero attached hydrogens (tertiary/aromatic N) is 2. The minimum atomic E-state index is -0.665. The Hall–Kier alpha value is -3.27. The summed E-state index contributed by atoms with van der Waals surface area (Å²) >= 11 is 11.7. The minimum absolute atomic E-state index is 0.00538. The molecular weight excluding hydrogens is 387 g/mol. The van der Waals surface area contributed by atoms with E-state index in [2.05, 4.69) is 5.32 Å². The van der Waals surface area contributed by atoms with Crippen molar-refractivity contribution in [1.29, 1.82) is 5.26 Å². The molecule has 0 aliphatic rings. The Balaban J connectivity index is 2.10. The zero-order valence-electron chi connectivity index (χ0n) is 13.7. The fourth-order valence-corrected chi connectivity index (χ4v) is 2.71. The van der Waals surface area contributed by atoms with Crippen LogP contribution in [0, 0.1) is 11.3 Å². The molecule has 3 aromatic rings. The molecule has 8 heteroatoms. The van der Waals surface area contributed by atoms with Crippen LogP contribution in [0.15, 0.2) is 59.4 Å². The number of anilines is 2. The number of halogens is 2. The van der Waals surface area contributed by atoms with Crippen LogP contribution in [-0.4, -0.2) is 10.5 Å². The second kappa shape index (κ2) is 7.54. The molecule has 6 nitrogen and oxygen atoms in total. The van der Waals surface area contributed by atoms with E-state index in [1.54, 1.807) is 48.5 Å². The number of pyridine rings is 1. The van der Waals surface area contributed by atoms with Gasteiger partial charge in [-0.1, -0.05) is 23.2 Å². The lowest BCUT2D eigenvalue weighted by Gasteiger charge is -2.13. The third-order valence-corrected chi connectivity index (χ3v) is 4.29. The SMILES string of the molecule is N#Cc1cc(C(=O)Nc2ccc(Cl)cc2)c(=O)n(-c2ccc(Cl)cc2)c1N. The first-order chi connectivity index (χ1) is 12.9. The Morgan fingerprint density at radius 3 is 2.15 bits per heavy atom. The number of carbonyl (C=O) groups is 1. The van der Waals surface area contributed by atoms with Crippen LogP contribution in [-0.2, 0) is 0 Å². The van der Waals surface area contributed by atoms with Gasteiger partial charge in [-0.05, 0) is 54.6 Å². The van der Waals surface area contributed by atoms with Crippen molar-refractivity contribution in [3.05, 3.63) is 86.1 Å². The van der Waals surface area contributed by atoms with Crippen LogP contribution in [0.5, 0.6) is 0 Å². The highest BCUT2D eigenvalue weighted by molar-refractivity contribution is 6.30. The van der Waals surface area contributed by atoms with Crippen molar-refractivity contribution >= 4 is 40.6 Å². The number of nitrogen functional groups attached to an aromatic ring is 1. The molecule has 0 atom stereocenters. The van der Waals surface area contributed by atoms with Crippen molar-refractivity contribution in [3.63, 3.8) is 0 Å². The highest BCUT2D eigenvalue weighted by atomic mass is 35.5. The molecule has 0 aliphatic heterocycles. The molecule has 0 saturated heterocycles. The number of nitriles is 1. The van der Waals surface area contributed by atoms with E-state index >= 15 is 0 Å². The molecule has 27 heavy (non-hydrogen) atoms. The Morgan fingerprint density at radius 2 is 1.59 bits per heavy atom. The van der Waals surface area contributed by atoms with Gasteiger partial charge in [-0.3, -0.25) is 14.2 Å². The zero-order chi connectivity index (χ0) is 19.6. The van der Waals surface area contributed by atoms with E-state index in [9.17, 15) is 14.9 Å². The molecule has 1 amide bonds. The number of hydrogen-bond acceptors (Lipinski definition) is 4. The smallest absolute Gasteiger partial charge is 0.269 e. The van der Waals surface area contributed by atoms with Gasteiger partial charge in [0.15, 0.2) is 0 Å². The van der Waals surface area contributed by atoms with E-state index in [4.69, 9.17) is 28.9 Å². The number of rotatable bonds is 3. The average Bonchev–Trinajstić information content (AvgIpc) is 2.65. The van der Waals surface area contributed by atoms with Gasteiger partial charge in [-0.15, -0.1) is 0 Å². The minimum Gasteiger partial charge on any atom is -0.384 e. The number of benzene rings is 2. The third-order valence-electron chi connectivity index (χ3n) is 3.79. The standard InChI is InChI=1S/C19H12Cl2N4O2/c20-12-1-5-14(6-2-12)24-18(26)16-9-11(10-22)17(23)25(19(16)27)15-7-3-13(21)4-8-15/h1-9H,23H2,(H,24,26). The van der Waals surface area contributed by atoms with Crippen molar-refractivity contribution in [2.24, 2.45) is 0 Å². The predicted molar refractivity (Wildman–Crippen MR) is 106 cm³/mol. The summed E-state index contributed by atoms with van der Waals surface area (Å²) in [5.41, 5.74) is 5.94. The van der Waals surface area contributed by atoms with E-state index < -0.39 is 11.5 Å². The molecule has 1 aromatic heterocycles. The number of nitrogens with one attached hydrogen (secondary N) is 1. The monoisotopic (exact) mass is 398 g/mol. The highest BCUT2D eigenvalue weighted by Gasteiger charge is 2.19. The summed E-state index contributed by atoms with van der Waals surface area (Å²) in [6.07, 6.45) is 0. The summed E-state index contributed by atoms with van der Waals surface area (Å²) in [6, 6.07) is 15.8. The quantitative estimate of drug-likeness (QED) is 0.699. The third kappa shape index (κ3) is 3.80. The first kappa shape index (κ1) is 18.5. The summed E-state index contributed by atoms with van der Waals surface area (Å²) in [5.74, 6) is -0.727. The van der Waals surface area contributed by atoms with E-state index in [-0.39, 0.29) is 16.9 Å². The molecule has 0 radical (unpaired) electrons. The molecule has 3 rings (SSSR count). The Kier molecular flexibility index (Phi) is 5.17. The Morgan fingerprint density at radius 1 is 1.04 bits per heavy atom. The second-order valence-electron chi connectivity index (χ2n) is 5.55. The van der Waals surface area contributed by atoms with Gasteiger partial charge in [0.2, 0.25) is 0 Å². The van der Waals surface area contributed by atoms with Crippen LogP contribution < -0.4 is 16.6 Å². The molecule has 0 spiro atoms. The lowest BCUT2D eigenvalue weighted by molar-refractivity contribution is 0.102. The Labute approximate surface area is 164 Å². The van der Waals surface area contributed by atoms with E-state index in [0.29, 0.717) is 21.4 Å². The molecule has 3 N–H and O–H groups in total. The fourth-order valence-electron chi connectivity index (χ4n) is 2.46. The van der Waals surface area contributed by atoms with Crippen LogP contribution in [0.2, 0.25) is 10.0 Å². The molecular formula is C19H12Cl2N4O2. The fraction of sp³-hybridized carbons (Fsp3) is 0. The van der Waals surface area contributed by atoms with Gasteiger partial charge in [0.05, 0.1) is 11.3 Å². The van der Waals surface area contributed by atoms with Crippen LogP contribution in [0.4, 0.5) is 11.5 Å². The molecule has 0 fully saturated rings. The molecule has 0 unspecified atom stereocenters. The first-order valence-electron chi connectivity index (χ1n) is 7.69. The highest BCUT2D eigenvalue weighted by Crippen LogP contribution is 2.19. The first-order valence-corrected chi connectivity index (χ1v) is 8.45. The average molecular weight is 399 g/mol. The van der Waals surface area contributed by atoms with E-state index in [0.717, 1.165) is 4.57 Å². The van der Waals surface area contributed by atoms with Gasteiger partial charge in [0, 0.05) is 15.7 Å². The maximum atomic E-state index is 12.9. The van der Waals surface area contributed by atoms with Gasteiger partial charge in [-0.2, -0.15) is 5.26 Å². The molecule has 0 bridgehead atoms. The van der Waals surface area contributed by atoms with Crippen molar-refractivity contribution in [3.8, 4) is 11.8 Å². The maximum Gasteiger partial charge on any atom is 0.269 e. The van der Waals surface area contributed by atoms with Crippen molar-refractivity contribution < 1.29 is 4.79 Å². The molecule has 134 valence electrons.